The van der Waals surface area contributed by atoms with Gasteiger partial charge in [-0.25, -0.2) is 0 Å². The lowest BCUT2D eigenvalue weighted by Crippen LogP contribution is -2.10. The Hall–Kier alpha value is -1.57. The summed E-state index contributed by atoms with van der Waals surface area (Å²) >= 11 is 0. The molecule has 0 fully saturated rings. The molecule has 0 amide bonds. The highest BCUT2D eigenvalue weighted by Crippen LogP contribution is 2.21. The fourth-order valence-electron chi connectivity index (χ4n) is 1.49. The Balaban J connectivity index is 2.55. The molecule has 1 aromatic carbocycles. The lowest BCUT2D eigenvalue weighted by molar-refractivity contribution is -0.149. The van der Waals surface area contributed by atoms with Crippen molar-refractivity contribution in [2.24, 2.45) is 0 Å². The quantitative estimate of drug-likeness (QED) is 0.538. The SMILES string of the molecule is C=CCCC(=O)O[C@H](CC)c1ccccc1. The van der Waals surface area contributed by atoms with Gasteiger partial charge in [0.2, 0.25) is 0 Å². The maximum absolute atomic E-state index is 11.5. The van der Waals surface area contributed by atoms with Crippen molar-refractivity contribution in [3.05, 3.63) is 48.6 Å². The molecule has 0 radical (unpaired) electrons. The van der Waals surface area contributed by atoms with E-state index in [1.165, 1.54) is 0 Å². The first-order valence-corrected chi connectivity index (χ1v) is 5.63. The Bertz CT molecular complexity index is 330. The van der Waals surface area contributed by atoms with Crippen LogP contribution in [0.1, 0.15) is 37.9 Å². The van der Waals surface area contributed by atoms with Crippen LogP contribution in [0.5, 0.6) is 0 Å². The van der Waals surface area contributed by atoms with Crippen LogP contribution in [-0.4, -0.2) is 5.97 Å². The fraction of sp³-hybridized carbons (Fsp3) is 0.357. The molecule has 2 heteroatoms. The first kappa shape index (κ1) is 12.5. The van der Waals surface area contributed by atoms with E-state index in [2.05, 4.69) is 6.58 Å². The van der Waals surface area contributed by atoms with Gasteiger partial charge < -0.3 is 4.74 Å². The van der Waals surface area contributed by atoms with Crippen molar-refractivity contribution in [3.8, 4) is 0 Å². The zero-order valence-electron chi connectivity index (χ0n) is 9.69. The number of hydrogen-bond acceptors (Lipinski definition) is 2. The first-order chi connectivity index (χ1) is 7.77. The van der Waals surface area contributed by atoms with Crippen molar-refractivity contribution >= 4 is 5.97 Å². The second-order valence-corrected chi connectivity index (χ2v) is 3.62. The summed E-state index contributed by atoms with van der Waals surface area (Å²) in [6.45, 7) is 5.59. The number of rotatable bonds is 6. The zero-order chi connectivity index (χ0) is 11.8. The minimum absolute atomic E-state index is 0.126. The Morgan fingerprint density at radius 3 is 2.69 bits per heavy atom. The van der Waals surface area contributed by atoms with E-state index in [0.717, 1.165) is 12.0 Å². The molecule has 0 N–H and O–H groups in total. The van der Waals surface area contributed by atoms with E-state index in [0.29, 0.717) is 12.8 Å². The molecule has 0 aliphatic carbocycles. The molecule has 0 spiro atoms. The van der Waals surface area contributed by atoms with Crippen LogP contribution >= 0.6 is 0 Å². The zero-order valence-corrected chi connectivity index (χ0v) is 9.69. The molecule has 0 saturated heterocycles. The fourth-order valence-corrected chi connectivity index (χ4v) is 1.49. The van der Waals surface area contributed by atoms with E-state index >= 15 is 0 Å². The number of allylic oxidation sites excluding steroid dienone is 1. The van der Waals surface area contributed by atoms with Crippen molar-refractivity contribution in [2.75, 3.05) is 0 Å². The molecular weight excluding hydrogens is 200 g/mol. The summed E-state index contributed by atoms with van der Waals surface area (Å²) in [6, 6.07) is 9.82. The van der Waals surface area contributed by atoms with Gasteiger partial charge in [0.25, 0.3) is 0 Å². The molecule has 0 bridgehead atoms. The predicted molar refractivity (Wildman–Crippen MR) is 65.0 cm³/mol. The van der Waals surface area contributed by atoms with Crippen molar-refractivity contribution in [1.29, 1.82) is 0 Å². The predicted octanol–water partition coefficient (Wildman–Crippen LogP) is 3.65. The molecule has 1 atom stereocenters. The highest BCUT2D eigenvalue weighted by molar-refractivity contribution is 5.69. The van der Waals surface area contributed by atoms with Crippen molar-refractivity contribution in [3.63, 3.8) is 0 Å². The number of hydrogen-bond donors (Lipinski definition) is 0. The number of esters is 1. The maximum Gasteiger partial charge on any atom is 0.306 e. The van der Waals surface area contributed by atoms with E-state index < -0.39 is 0 Å². The average molecular weight is 218 g/mol. The van der Waals surface area contributed by atoms with Crippen molar-refractivity contribution in [1.82, 2.24) is 0 Å². The largest absolute Gasteiger partial charge is 0.457 e. The van der Waals surface area contributed by atoms with Crippen LogP contribution in [0.2, 0.25) is 0 Å². The van der Waals surface area contributed by atoms with Crippen molar-refractivity contribution in [2.45, 2.75) is 32.3 Å². The third-order valence-electron chi connectivity index (χ3n) is 2.37. The van der Waals surface area contributed by atoms with Gasteiger partial charge in [0.15, 0.2) is 0 Å². The van der Waals surface area contributed by atoms with Crippen LogP contribution < -0.4 is 0 Å². The Kier molecular flexibility index (Phi) is 5.34. The van der Waals surface area contributed by atoms with Crippen LogP contribution in [-0.2, 0) is 9.53 Å². The normalized spacial score (nSPS) is 11.8. The Morgan fingerprint density at radius 2 is 2.12 bits per heavy atom. The van der Waals surface area contributed by atoms with Gasteiger partial charge >= 0.3 is 5.97 Å². The second-order valence-electron chi connectivity index (χ2n) is 3.62. The monoisotopic (exact) mass is 218 g/mol. The van der Waals surface area contributed by atoms with Gasteiger partial charge in [-0.1, -0.05) is 43.3 Å². The van der Waals surface area contributed by atoms with Crippen LogP contribution in [0.15, 0.2) is 43.0 Å². The summed E-state index contributed by atoms with van der Waals surface area (Å²) < 4.78 is 5.40. The van der Waals surface area contributed by atoms with E-state index in [4.69, 9.17) is 4.74 Å². The molecule has 86 valence electrons. The molecule has 2 nitrogen and oxygen atoms in total. The summed E-state index contributed by atoms with van der Waals surface area (Å²) in [6.07, 6.45) is 3.48. The van der Waals surface area contributed by atoms with Gasteiger partial charge in [0.1, 0.15) is 6.10 Å². The van der Waals surface area contributed by atoms with Gasteiger partial charge in [-0.15, -0.1) is 6.58 Å². The molecule has 1 rings (SSSR count). The number of benzene rings is 1. The van der Waals surface area contributed by atoms with Crippen LogP contribution in [0, 0.1) is 0 Å². The summed E-state index contributed by atoms with van der Waals surface area (Å²) in [7, 11) is 0. The van der Waals surface area contributed by atoms with Gasteiger partial charge in [-0.05, 0) is 18.4 Å². The summed E-state index contributed by atoms with van der Waals surface area (Å²) in [5.41, 5.74) is 1.05. The highest BCUT2D eigenvalue weighted by Gasteiger charge is 2.13. The highest BCUT2D eigenvalue weighted by atomic mass is 16.5. The van der Waals surface area contributed by atoms with Crippen molar-refractivity contribution < 1.29 is 9.53 Å². The molecular formula is C14H18O2. The summed E-state index contributed by atoms with van der Waals surface area (Å²) in [5, 5.41) is 0. The number of carbonyl (C=O) groups is 1. The molecule has 0 aromatic heterocycles. The standard InChI is InChI=1S/C14H18O2/c1-3-5-11-14(15)16-13(4-2)12-9-7-6-8-10-12/h3,6-10,13H,1,4-5,11H2,2H3/t13-/m1/s1. The van der Waals surface area contributed by atoms with E-state index in [1.807, 2.05) is 37.3 Å². The molecule has 0 saturated carbocycles. The third-order valence-corrected chi connectivity index (χ3v) is 2.37. The van der Waals surface area contributed by atoms with E-state index in [9.17, 15) is 4.79 Å². The lowest BCUT2D eigenvalue weighted by Gasteiger charge is -2.16. The molecule has 0 unspecified atom stereocenters. The van der Waals surface area contributed by atoms with Crippen LogP contribution in [0.4, 0.5) is 0 Å². The lowest BCUT2D eigenvalue weighted by atomic mass is 10.1. The van der Waals surface area contributed by atoms with Gasteiger partial charge in [-0.2, -0.15) is 0 Å². The summed E-state index contributed by atoms with van der Waals surface area (Å²) in [5.74, 6) is -0.157. The minimum Gasteiger partial charge on any atom is -0.457 e. The molecule has 0 heterocycles. The smallest absolute Gasteiger partial charge is 0.306 e. The first-order valence-electron chi connectivity index (χ1n) is 5.63. The van der Waals surface area contributed by atoms with Crippen LogP contribution in [0.3, 0.4) is 0 Å². The molecule has 0 aliphatic rings. The Labute approximate surface area is 96.9 Å². The number of carbonyl (C=O) groups excluding carboxylic acids is 1. The maximum atomic E-state index is 11.5. The molecule has 1 aromatic rings. The van der Waals surface area contributed by atoms with E-state index in [-0.39, 0.29) is 12.1 Å². The summed E-state index contributed by atoms with van der Waals surface area (Å²) in [4.78, 5) is 11.5. The van der Waals surface area contributed by atoms with E-state index in [1.54, 1.807) is 6.08 Å². The topological polar surface area (TPSA) is 26.3 Å². The van der Waals surface area contributed by atoms with Gasteiger partial charge in [0, 0.05) is 6.42 Å². The second kappa shape index (κ2) is 6.83. The minimum atomic E-state index is -0.157. The van der Waals surface area contributed by atoms with Gasteiger partial charge in [-0.3, -0.25) is 4.79 Å². The number of ether oxygens (including phenoxy) is 1. The molecule has 16 heavy (non-hydrogen) atoms. The average Bonchev–Trinajstić information content (AvgIpc) is 2.34. The van der Waals surface area contributed by atoms with Gasteiger partial charge in [0.05, 0.1) is 0 Å². The Morgan fingerprint density at radius 1 is 1.44 bits per heavy atom. The molecule has 0 aliphatic heterocycles. The third kappa shape index (κ3) is 3.89. The van der Waals surface area contributed by atoms with Crippen LogP contribution in [0.25, 0.3) is 0 Å².